The minimum Gasteiger partial charge on any atom is -0.345 e. The quantitative estimate of drug-likeness (QED) is 0.810. The molecule has 0 fully saturated rings. The van der Waals surface area contributed by atoms with Crippen molar-refractivity contribution in [2.24, 2.45) is 5.41 Å². The fraction of sp³-hybridized carbons (Fsp3) is 0.786. The van der Waals surface area contributed by atoms with Crippen LogP contribution in [0.25, 0.3) is 0 Å². The number of aromatic nitrogens is 2. The Morgan fingerprint density at radius 1 is 1.25 bits per heavy atom. The van der Waals surface area contributed by atoms with E-state index in [-0.39, 0.29) is 6.84 Å². The number of nitrogens with zero attached hydrogens (tertiary/aromatic N) is 1. The average Bonchev–Trinajstić information content (AvgIpc) is 2.62. The number of aromatic amines is 1. The molecule has 0 spiro atoms. The number of nitrogens with one attached hydrogen (secondary N) is 1. The highest BCUT2D eigenvalue weighted by Crippen LogP contribution is 2.25. The lowest BCUT2D eigenvalue weighted by Gasteiger charge is -2.19. The van der Waals surface area contributed by atoms with Crippen molar-refractivity contribution < 1.29 is 1.43 Å². The third-order valence-corrected chi connectivity index (χ3v) is 3.30. The van der Waals surface area contributed by atoms with E-state index >= 15 is 0 Å². The fourth-order valence-corrected chi connectivity index (χ4v) is 1.51. The van der Waals surface area contributed by atoms with E-state index in [4.69, 9.17) is 0 Å². The molecule has 2 nitrogen and oxygen atoms in total. The molecule has 16 heavy (non-hydrogen) atoms. The molecule has 0 amide bonds. The van der Waals surface area contributed by atoms with E-state index in [1.165, 1.54) is 12.1 Å². The second kappa shape index (κ2) is 4.60. The van der Waals surface area contributed by atoms with E-state index < -0.39 is 0 Å². The van der Waals surface area contributed by atoms with Gasteiger partial charge in [0.25, 0.3) is 0 Å². The van der Waals surface area contributed by atoms with Crippen LogP contribution in [-0.2, 0) is 11.8 Å². The summed E-state index contributed by atoms with van der Waals surface area (Å²) in [6.07, 6.45) is 5.40. The molecule has 0 unspecified atom stereocenters. The molecule has 1 rings (SSSR count). The van der Waals surface area contributed by atoms with Crippen LogP contribution in [0.2, 0.25) is 0 Å². The third-order valence-electron chi connectivity index (χ3n) is 3.30. The number of rotatable bonds is 4. The van der Waals surface area contributed by atoms with Crippen molar-refractivity contribution in [3.05, 3.63) is 17.7 Å². The van der Waals surface area contributed by atoms with Gasteiger partial charge >= 0.3 is 0 Å². The van der Waals surface area contributed by atoms with Gasteiger partial charge < -0.3 is 4.98 Å². The van der Waals surface area contributed by atoms with Gasteiger partial charge in [0.15, 0.2) is 0 Å². The monoisotopic (exact) mass is 224 g/mol. The zero-order valence-corrected chi connectivity index (χ0v) is 11.6. The maximum atomic E-state index is 4.50. The van der Waals surface area contributed by atoms with E-state index in [0.29, 0.717) is 5.41 Å². The van der Waals surface area contributed by atoms with Gasteiger partial charge in [0.1, 0.15) is 5.82 Å². The number of imidazole rings is 1. The molecule has 0 aromatic carbocycles. The number of hydrogen-bond acceptors (Lipinski definition) is 1. The first-order chi connectivity index (χ1) is 7.24. The first-order valence-electron chi connectivity index (χ1n) is 6.29. The summed E-state index contributed by atoms with van der Waals surface area (Å²) >= 11 is 0. The Labute approximate surface area is 101 Å². The Balaban J connectivity index is 0.00000256. The van der Waals surface area contributed by atoms with Crippen molar-refractivity contribution in [3.63, 3.8) is 0 Å². The van der Waals surface area contributed by atoms with Crippen molar-refractivity contribution in [1.29, 1.82) is 0 Å². The maximum absolute atomic E-state index is 4.50. The highest BCUT2D eigenvalue weighted by molar-refractivity contribution is 5.09. The zero-order valence-electron chi connectivity index (χ0n) is 11.6. The van der Waals surface area contributed by atoms with Gasteiger partial charge in [0, 0.05) is 18.7 Å². The van der Waals surface area contributed by atoms with E-state index in [9.17, 15) is 0 Å². The number of hydrogen-bond donors (Lipinski definition) is 1. The lowest BCUT2D eigenvalue weighted by molar-refractivity contribution is 0.376. The highest BCUT2D eigenvalue weighted by atomic mass is 14.9. The molecule has 1 aromatic rings. The van der Waals surface area contributed by atoms with E-state index in [1.807, 2.05) is 6.20 Å². The normalized spacial score (nSPS) is 13.1. The Morgan fingerprint density at radius 3 is 2.38 bits per heavy atom. The smallest absolute Gasteiger partial charge is 0.111 e. The maximum Gasteiger partial charge on any atom is 0.111 e. The van der Waals surface area contributed by atoms with Crippen LogP contribution in [0.15, 0.2) is 6.20 Å². The molecule has 0 aliphatic carbocycles. The molecule has 0 radical (unpaired) electrons. The second-order valence-electron chi connectivity index (χ2n) is 6.56. The van der Waals surface area contributed by atoms with E-state index in [1.54, 1.807) is 0 Å². The summed E-state index contributed by atoms with van der Waals surface area (Å²) in [5, 5.41) is 0. The van der Waals surface area contributed by atoms with E-state index in [0.717, 1.165) is 18.7 Å². The molecule has 2 heteroatoms. The molecule has 0 bridgehead atoms. The molecule has 0 saturated carbocycles. The van der Waals surface area contributed by atoms with Crippen LogP contribution in [0.3, 0.4) is 0 Å². The highest BCUT2D eigenvalue weighted by Gasteiger charge is 2.21. The van der Waals surface area contributed by atoms with Gasteiger partial charge in [-0.2, -0.15) is 0 Å². The Hall–Kier alpha value is -0.790. The second-order valence-corrected chi connectivity index (χ2v) is 6.56. The zero-order chi connectivity index (χ0) is 12.4. The largest absolute Gasteiger partial charge is 0.345 e. The summed E-state index contributed by atoms with van der Waals surface area (Å²) in [7, 11) is 0. The van der Waals surface area contributed by atoms with Crippen LogP contribution in [0.5, 0.6) is 0 Å². The van der Waals surface area contributed by atoms with Crippen molar-refractivity contribution >= 4 is 0 Å². The average molecular weight is 224 g/mol. The summed E-state index contributed by atoms with van der Waals surface area (Å²) in [4.78, 5) is 7.97. The lowest BCUT2D eigenvalue weighted by atomic mass is 9.89. The number of H-pyrrole nitrogens is 1. The molecular weight excluding hydrogens is 196 g/mol. The molecule has 1 N–H and O–H groups in total. The van der Waals surface area contributed by atoms with Gasteiger partial charge in [0.2, 0.25) is 0 Å². The van der Waals surface area contributed by atoms with Gasteiger partial charge in [-0.05, 0) is 24.7 Å². The van der Waals surface area contributed by atoms with Gasteiger partial charge in [-0.3, -0.25) is 0 Å². The SMILES string of the molecule is CCC(C)(C)c1ncc(CCC(C)(C)C)[nH]1.[HH]. The van der Waals surface area contributed by atoms with Crippen LogP contribution in [0.1, 0.15) is 67.3 Å². The molecule has 0 saturated heterocycles. The first-order valence-corrected chi connectivity index (χ1v) is 6.29. The van der Waals surface area contributed by atoms with Gasteiger partial charge in [-0.1, -0.05) is 41.5 Å². The van der Waals surface area contributed by atoms with Crippen LogP contribution < -0.4 is 0 Å². The van der Waals surface area contributed by atoms with Crippen LogP contribution in [0, 0.1) is 5.41 Å². The molecule has 1 heterocycles. The minimum atomic E-state index is 0. The standard InChI is InChI=1S/C14H26N2.H2/c1-7-14(5,6)12-15-10-11(16-12)8-9-13(2,3)4;/h10H,7-9H2,1-6H3,(H,15,16);1H. The van der Waals surface area contributed by atoms with Crippen molar-refractivity contribution in [1.82, 2.24) is 9.97 Å². The van der Waals surface area contributed by atoms with Gasteiger partial charge in [0.05, 0.1) is 0 Å². The summed E-state index contributed by atoms with van der Waals surface area (Å²) in [6.45, 7) is 13.5. The van der Waals surface area contributed by atoms with Crippen molar-refractivity contribution in [2.75, 3.05) is 0 Å². The molecule has 0 atom stereocenters. The summed E-state index contributed by atoms with van der Waals surface area (Å²) < 4.78 is 0. The third kappa shape index (κ3) is 3.66. The topological polar surface area (TPSA) is 28.7 Å². The molecule has 0 aliphatic heterocycles. The minimum absolute atomic E-state index is 0. The Kier molecular flexibility index (Phi) is 3.82. The summed E-state index contributed by atoms with van der Waals surface area (Å²) in [5.41, 5.74) is 1.83. The molecule has 0 aliphatic rings. The van der Waals surface area contributed by atoms with Crippen molar-refractivity contribution in [2.45, 2.75) is 66.2 Å². The molecule has 94 valence electrons. The summed E-state index contributed by atoms with van der Waals surface area (Å²) in [6, 6.07) is 0. The van der Waals surface area contributed by atoms with E-state index in [2.05, 4.69) is 51.5 Å². The van der Waals surface area contributed by atoms with Crippen molar-refractivity contribution in [3.8, 4) is 0 Å². The predicted molar refractivity (Wildman–Crippen MR) is 71.8 cm³/mol. The van der Waals surface area contributed by atoms with Crippen LogP contribution >= 0.6 is 0 Å². The Morgan fingerprint density at radius 2 is 1.88 bits per heavy atom. The van der Waals surface area contributed by atoms with Gasteiger partial charge in [-0.25, -0.2) is 4.98 Å². The summed E-state index contributed by atoms with van der Waals surface area (Å²) in [5.74, 6) is 1.12. The predicted octanol–water partition coefficient (Wildman–Crippen LogP) is 4.32. The number of aryl methyl sites for hydroxylation is 1. The van der Waals surface area contributed by atoms with Gasteiger partial charge in [-0.15, -0.1) is 0 Å². The molecule has 1 aromatic heterocycles. The van der Waals surface area contributed by atoms with Crippen LogP contribution in [-0.4, -0.2) is 9.97 Å². The van der Waals surface area contributed by atoms with Crippen LogP contribution in [0.4, 0.5) is 0 Å². The Bertz CT molecular complexity index is 334. The lowest BCUT2D eigenvalue weighted by Crippen LogP contribution is -2.17. The first kappa shape index (κ1) is 13.3. The molecular formula is C14H28N2. The fourth-order valence-electron chi connectivity index (χ4n) is 1.51.